The fourth-order valence-electron chi connectivity index (χ4n) is 2.01. The van der Waals surface area contributed by atoms with Gasteiger partial charge in [-0.2, -0.15) is 5.10 Å². The number of hydrogen-bond donors (Lipinski definition) is 2. The largest absolute Gasteiger partial charge is 0.308 e. The van der Waals surface area contributed by atoms with Crippen molar-refractivity contribution < 1.29 is 0 Å². The van der Waals surface area contributed by atoms with E-state index in [1.165, 1.54) is 0 Å². The number of hydrazine groups is 1. The highest BCUT2D eigenvalue weighted by atomic mass is 79.9. The number of rotatable bonds is 3. The van der Waals surface area contributed by atoms with Crippen LogP contribution in [0, 0.1) is 13.8 Å². The van der Waals surface area contributed by atoms with Crippen LogP contribution in [-0.4, -0.2) is 19.7 Å². The second kappa shape index (κ2) is 4.57. The third kappa shape index (κ3) is 2.23. The number of nitrogens with one attached hydrogen (secondary N) is 1. The maximum atomic E-state index is 5.48. The molecule has 19 heavy (non-hydrogen) atoms. The first kappa shape index (κ1) is 12.6. The van der Waals surface area contributed by atoms with Crippen molar-refractivity contribution in [2.24, 2.45) is 5.84 Å². The lowest BCUT2D eigenvalue weighted by Crippen LogP contribution is -2.13. The normalized spacial score (nSPS) is 14.7. The number of nitrogens with two attached hydrogens (primary N) is 1. The Morgan fingerprint density at radius 2 is 2.11 bits per heavy atom. The molecule has 0 radical (unpaired) electrons. The molecule has 2 heterocycles. The van der Waals surface area contributed by atoms with E-state index in [4.69, 9.17) is 5.84 Å². The smallest absolute Gasteiger partial charge is 0.159 e. The summed E-state index contributed by atoms with van der Waals surface area (Å²) >= 11 is 3.53. The lowest BCUT2D eigenvalue weighted by Gasteiger charge is -2.08. The summed E-state index contributed by atoms with van der Waals surface area (Å²) in [6, 6.07) is 1.80. The molecule has 3 N–H and O–H groups in total. The van der Waals surface area contributed by atoms with Crippen LogP contribution in [0.1, 0.15) is 36.0 Å². The van der Waals surface area contributed by atoms with E-state index < -0.39 is 0 Å². The molecule has 0 bridgehead atoms. The summed E-state index contributed by atoms with van der Waals surface area (Å²) in [6.07, 6.45) is 2.29. The molecule has 7 heteroatoms. The number of aryl methyl sites for hydroxylation is 1. The van der Waals surface area contributed by atoms with E-state index in [-0.39, 0.29) is 0 Å². The summed E-state index contributed by atoms with van der Waals surface area (Å²) in [5, 5.41) is 4.49. The van der Waals surface area contributed by atoms with Gasteiger partial charge in [-0.15, -0.1) is 0 Å². The third-order valence-electron chi connectivity index (χ3n) is 3.24. The van der Waals surface area contributed by atoms with Gasteiger partial charge in [-0.25, -0.2) is 20.5 Å². The molecule has 6 nitrogen and oxygen atoms in total. The van der Waals surface area contributed by atoms with Gasteiger partial charge in [-0.3, -0.25) is 0 Å². The Hall–Kier alpha value is -1.47. The van der Waals surface area contributed by atoms with Gasteiger partial charge in [-0.05, 0) is 42.6 Å². The van der Waals surface area contributed by atoms with Crippen molar-refractivity contribution in [2.75, 3.05) is 5.43 Å². The summed E-state index contributed by atoms with van der Waals surface area (Å²) in [5.74, 6) is 8.15. The van der Waals surface area contributed by atoms with Gasteiger partial charge in [-0.1, -0.05) is 0 Å². The highest BCUT2D eigenvalue weighted by Crippen LogP contribution is 2.38. The third-order valence-corrected chi connectivity index (χ3v) is 4.39. The molecule has 1 fully saturated rings. The molecule has 0 amide bonds. The molecule has 1 aliphatic carbocycles. The van der Waals surface area contributed by atoms with Crippen molar-refractivity contribution in [3.05, 3.63) is 27.8 Å². The molecule has 0 unspecified atom stereocenters. The minimum Gasteiger partial charge on any atom is -0.308 e. The maximum Gasteiger partial charge on any atom is 0.159 e. The van der Waals surface area contributed by atoms with E-state index in [0.29, 0.717) is 11.7 Å². The molecule has 2 aromatic rings. The molecule has 0 atom stereocenters. The van der Waals surface area contributed by atoms with E-state index in [1.807, 2.05) is 18.5 Å². The van der Waals surface area contributed by atoms with Gasteiger partial charge in [0.1, 0.15) is 11.6 Å². The number of hydrogen-bond acceptors (Lipinski definition) is 5. The lowest BCUT2D eigenvalue weighted by molar-refractivity contribution is 0.781. The van der Waals surface area contributed by atoms with Gasteiger partial charge in [0, 0.05) is 12.0 Å². The van der Waals surface area contributed by atoms with Gasteiger partial charge in [0.25, 0.3) is 0 Å². The highest BCUT2D eigenvalue weighted by molar-refractivity contribution is 9.10. The van der Waals surface area contributed by atoms with Crippen LogP contribution in [0.2, 0.25) is 0 Å². The summed E-state index contributed by atoms with van der Waals surface area (Å²) < 4.78 is 2.81. The molecule has 2 aromatic heterocycles. The van der Waals surface area contributed by atoms with Crippen molar-refractivity contribution in [2.45, 2.75) is 32.6 Å². The standard InChI is InChI=1S/C12H15BrN6/c1-6-11(13)7(2)19(18-6)10-5-9(17-14)15-12(16-10)8-3-4-8/h5,8H,3-4,14H2,1-2H3,(H,15,16,17). The van der Waals surface area contributed by atoms with Crippen molar-refractivity contribution in [3.8, 4) is 5.82 Å². The first-order chi connectivity index (χ1) is 9.10. The molecule has 100 valence electrons. The predicted octanol–water partition coefficient (Wildman–Crippen LogP) is 2.20. The Balaban J connectivity index is 2.12. The van der Waals surface area contributed by atoms with Gasteiger partial charge < -0.3 is 5.43 Å². The Labute approximate surface area is 119 Å². The van der Waals surface area contributed by atoms with Crippen molar-refractivity contribution >= 4 is 21.7 Å². The van der Waals surface area contributed by atoms with Crippen LogP contribution in [0.4, 0.5) is 5.82 Å². The Kier molecular flexibility index (Phi) is 3.02. The summed E-state index contributed by atoms with van der Waals surface area (Å²) in [6.45, 7) is 3.96. The first-order valence-corrected chi connectivity index (χ1v) is 6.97. The second-order valence-electron chi connectivity index (χ2n) is 4.78. The van der Waals surface area contributed by atoms with Crippen LogP contribution in [0.3, 0.4) is 0 Å². The van der Waals surface area contributed by atoms with E-state index in [1.54, 1.807) is 6.07 Å². The minimum absolute atomic E-state index is 0.465. The van der Waals surface area contributed by atoms with E-state index in [2.05, 4.69) is 36.4 Å². The van der Waals surface area contributed by atoms with Gasteiger partial charge in [0.2, 0.25) is 0 Å². The van der Waals surface area contributed by atoms with Crippen LogP contribution in [0.5, 0.6) is 0 Å². The van der Waals surface area contributed by atoms with Gasteiger partial charge in [0.05, 0.1) is 15.9 Å². The number of halogens is 1. The number of nitrogen functional groups attached to an aromatic ring is 1. The molecule has 0 spiro atoms. The molecule has 0 saturated heterocycles. The molecule has 0 aliphatic heterocycles. The van der Waals surface area contributed by atoms with Crippen molar-refractivity contribution in [3.63, 3.8) is 0 Å². The Morgan fingerprint density at radius 3 is 2.63 bits per heavy atom. The van der Waals surface area contributed by atoms with Gasteiger partial charge in [0.15, 0.2) is 5.82 Å². The van der Waals surface area contributed by atoms with E-state index >= 15 is 0 Å². The molecule has 1 saturated carbocycles. The van der Waals surface area contributed by atoms with Crippen molar-refractivity contribution in [1.82, 2.24) is 19.7 Å². The fraction of sp³-hybridized carbons (Fsp3) is 0.417. The average molecular weight is 323 g/mol. The first-order valence-electron chi connectivity index (χ1n) is 6.18. The van der Waals surface area contributed by atoms with Crippen LogP contribution in [0.25, 0.3) is 5.82 Å². The zero-order valence-electron chi connectivity index (χ0n) is 10.8. The number of nitrogens with zero attached hydrogens (tertiary/aromatic N) is 4. The zero-order chi connectivity index (χ0) is 13.6. The Bertz CT molecular complexity index is 631. The fourth-order valence-corrected chi connectivity index (χ4v) is 2.25. The van der Waals surface area contributed by atoms with Crippen LogP contribution in [0.15, 0.2) is 10.5 Å². The zero-order valence-corrected chi connectivity index (χ0v) is 12.4. The van der Waals surface area contributed by atoms with Crippen molar-refractivity contribution in [1.29, 1.82) is 0 Å². The quantitative estimate of drug-likeness (QED) is 0.668. The SMILES string of the molecule is Cc1nn(-c2cc(NN)nc(C3CC3)n2)c(C)c1Br. The molecular formula is C12H15BrN6. The molecule has 0 aromatic carbocycles. The Morgan fingerprint density at radius 1 is 1.37 bits per heavy atom. The van der Waals surface area contributed by atoms with Crippen LogP contribution < -0.4 is 11.3 Å². The topological polar surface area (TPSA) is 81.7 Å². The van der Waals surface area contributed by atoms with Crippen LogP contribution in [-0.2, 0) is 0 Å². The minimum atomic E-state index is 0.465. The molecule has 3 rings (SSSR count). The molecular weight excluding hydrogens is 308 g/mol. The lowest BCUT2D eigenvalue weighted by atomic mass is 10.3. The average Bonchev–Trinajstić information content (AvgIpc) is 3.23. The monoisotopic (exact) mass is 322 g/mol. The second-order valence-corrected chi connectivity index (χ2v) is 5.58. The summed E-state index contributed by atoms with van der Waals surface area (Å²) in [7, 11) is 0. The number of anilines is 1. The predicted molar refractivity (Wildman–Crippen MR) is 76.1 cm³/mol. The summed E-state index contributed by atoms with van der Waals surface area (Å²) in [5.41, 5.74) is 4.55. The van der Waals surface area contributed by atoms with Crippen LogP contribution >= 0.6 is 15.9 Å². The number of aromatic nitrogens is 4. The van der Waals surface area contributed by atoms with E-state index in [0.717, 1.165) is 40.3 Å². The van der Waals surface area contributed by atoms with Gasteiger partial charge >= 0.3 is 0 Å². The van der Waals surface area contributed by atoms with E-state index in [9.17, 15) is 0 Å². The molecule has 1 aliphatic rings. The maximum absolute atomic E-state index is 5.48. The highest BCUT2D eigenvalue weighted by Gasteiger charge is 2.28. The summed E-state index contributed by atoms with van der Waals surface area (Å²) in [4.78, 5) is 9.00.